The van der Waals surface area contributed by atoms with Gasteiger partial charge in [0.25, 0.3) is 0 Å². The van der Waals surface area contributed by atoms with Gasteiger partial charge in [0, 0.05) is 19.8 Å². The van der Waals surface area contributed by atoms with E-state index in [0.717, 1.165) is 5.69 Å². The lowest BCUT2D eigenvalue weighted by Crippen LogP contribution is -1.88. The minimum Gasteiger partial charge on any atom is -0.388 e. The molecular weight excluding hydrogens is 210 g/mol. The number of hydrogen-bond donors (Lipinski definition) is 1. The first-order chi connectivity index (χ1) is 8.33. The van der Waals surface area contributed by atoms with Gasteiger partial charge in [0.1, 0.15) is 0 Å². The van der Waals surface area contributed by atoms with Gasteiger partial charge in [0.2, 0.25) is 0 Å². The molecule has 0 aliphatic heterocycles. The summed E-state index contributed by atoms with van der Waals surface area (Å²) in [4.78, 5) is 0. The molecule has 0 saturated heterocycles. The Hall–Kier alpha value is -1.80. The standard InChI is InChI=1S/C15H17NO/c1-16-15-9-7-14(8-10-15)13-5-3-12(4-6-13)11-17-2/h3-10,16H,11H2,1-2H3. The minimum absolute atomic E-state index is 0.666. The predicted molar refractivity (Wildman–Crippen MR) is 72.1 cm³/mol. The summed E-state index contributed by atoms with van der Waals surface area (Å²) in [5.74, 6) is 0. The maximum absolute atomic E-state index is 5.10. The van der Waals surface area contributed by atoms with Crippen LogP contribution in [0.3, 0.4) is 0 Å². The van der Waals surface area contributed by atoms with Crippen molar-refractivity contribution in [1.29, 1.82) is 0 Å². The largest absolute Gasteiger partial charge is 0.388 e. The third-order valence-electron chi connectivity index (χ3n) is 2.77. The fourth-order valence-corrected chi connectivity index (χ4v) is 1.79. The van der Waals surface area contributed by atoms with Crippen molar-refractivity contribution >= 4 is 5.69 Å². The number of benzene rings is 2. The quantitative estimate of drug-likeness (QED) is 0.862. The van der Waals surface area contributed by atoms with Gasteiger partial charge in [0.15, 0.2) is 0 Å². The smallest absolute Gasteiger partial charge is 0.0713 e. The van der Waals surface area contributed by atoms with Crippen molar-refractivity contribution in [2.24, 2.45) is 0 Å². The number of nitrogens with one attached hydrogen (secondary N) is 1. The molecule has 0 bridgehead atoms. The first-order valence-electron chi connectivity index (χ1n) is 5.69. The predicted octanol–water partition coefficient (Wildman–Crippen LogP) is 3.54. The van der Waals surface area contributed by atoms with E-state index in [1.54, 1.807) is 7.11 Å². The number of methoxy groups -OCH3 is 1. The van der Waals surface area contributed by atoms with E-state index < -0.39 is 0 Å². The molecule has 0 aliphatic carbocycles. The van der Waals surface area contributed by atoms with Gasteiger partial charge in [-0.3, -0.25) is 0 Å². The maximum Gasteiger partial charge on any atom is 0.0713 e. The van der Waals surface area contributed by atoms with Crippen LogP contribution in [0.25, 0.3) is 11.1 Å². The molecule has 1 N–H and O–H groups in total. The Morgan fingerprint density at radius 2 is 1.41 bits per heavy atom. The molecule has 2 rings (SSSR count). The van der Waals surface area contributed by atoms with Crippen LogP contribution in [0.4, 0.5) is 5.69 Å². The third kappa shape index (κ3) is 2.86. The summed E-state index contributed by atoms with van der Waals surface area (Å²) in [5.41, 5.74) is 4.79. The van der Waals surface area contributed by atoms with E-state index in [-0.39, 0.29) is 0 Å². The summed E-state index contributed by atoms with van der Waals surface area (Å²) in [6.07, 6.45) is 0. The van der Waals surface area contributed by atoms with Crippen molar-refractivity contribution in [2.75, 3.05) is 19.5 Å². The highest BCUT2D eigenvalue weighted by Gasteiger charge is 1.98. The molecule has 0 unspecified atom stereocenters. The van der Waals surface area contributed by atoms with Gasteiger partial charge >= 0.3 is 0 Å². The topological polar surface area (TPSA) is 21.3 Å². The molecule has 0 spiro atoms. The second-order valence-electron chi connectivity index (χ2n) is 3.96. The van der Waals surface area contributed by atoms with Crippen LogP contribution >= 0.6 is 0 Å². The van der Waals surface area contributed by atoms with Crippen LogP contribution < -0.4 is 5.32 Å². The van der Waals surface area contributed by atoms with Crippen LogP contribution in [0.2, 0.25) is 0 Å². The van der Waals surface area contributed by atoms with Gasteiger partial charge < -0.3 is 10.1 Å². The van der Waals surface area contributed by atoms with Crippen LogP contribution in [0.5, 0.6) is 0 Å². The van der Waals surface area contributed by atoms with Gasteiger partial charge in [-0.15, -0.1) is 0 Å². The van der Waals surface area contributed by atoms with Crippen LogP contribution in [0.1, 0.15) is 5.56 Å². The van der Waals surface area contributed by atoms with Crippen molar-refractivity contribution in [2.45, 2.75) is 6.61 Å². The molecule has 2 aromatic rings. The van der Waals surface area contributed by atoms with Gasteiger partial charge in [-0.1, -0.05) is 36.4 Å². The molecule has 0 heterocycles. The zero-order chi connectivity index (χ0) is 12.1. The highest BCUT2D eigenvalue weighted by Crippen LogP contribution is 2.21. The number of anilines is 1. The van der Waals surface area contributed by atoms with Crippen molar-refractivity contribution < 1.29 is 4.74 Å². The Labute approximate surface area is 102 Å². The molecule has 0 fully saturated rings. The number of rotatable bonds is 4. The normalized spacial score (nSPS) is 10.2. The van der Waals surface area contributed by atoms with Gasteiger partial charge in [-0.25, -0.2) is 0 Å². The summed E-state index contributed by atoms with van der Waals surface area (Å²) >= 11 is 0. The van der Waals surface area contributed by atoms with E-state index in [0.29, 0.717) is 6.61 Å². The Balaban J connectivity index is 2.20. The molecule has 0 saturated carbocycles. The highest BCUT2D eigenvalue weighted by molar-refractivity contribution is 5.66. The monoisotopic (exact) mass is 227 g/mol. The van der Waals surface area contributed by atoms with E-state index >= 15 is 0 Å². The lowest BCUT2D eigenvalue weighted by atomic mass is 10.0. The molecule has 0 atom stereocenters. The highest BCUT2D eigenvalue weighted by atomic mass is 16.5. The second kappa shape index (κ2) is 5.51. The Kier molecular flexibility index (Phi) is 3.78. The second-order valence-corrected chi connectivity index (χ2v) is 3.96. The van der Waals surface area contributed by atoms with Crippen LogP contribution in [0, 0.1) is 0 Å². The number of ether oxygens (including phenoxy) is 1. The summed E-state index contributed by atoms with van der Waals surface area (Å²) < 4.78 is 5.10. The fourth-order valence-electron chi connectivity index (χ4n) is 1.79. The molecule has 2 nitrogen and oxygen atoms in total. The first kappa shape index (κ1) is 11.7. The Bertz CT molecular complexity index is 459. The molecule has 17 heavy (non-hydrogen) atoms. The van der Waals surface area contributed by atoms with Crippen molar-refractivity contribution in [3.63, 3.8) is 0 Å². The molecule has 2 aromatic carbocycles. The third-order valence-corrected chi connectivity index (χ3v) is 2.77. The summed E-state index contributed by atoms with van der Waals surface area (Å²) in [5, 5.41) is 3.11. The molecular formula is C15H17NO. The Morgan fingerprint density at radius 3 is 1.88 bits per heavy atom. The van der Waals surface area contributed by atoms with Crippen molar-refractivity contribution in [3.8, 4) is 11.1 Å². The zero-order valence-corrected chi connectivity index (χ0v) is 10.2. The Morgan fingerprint density at radius 1 is 0.882 bits per heavy atom. The van der Waals surface area contributed by atoms with E-state index in [1.165, 1.54) is 16.7 Å². The van der Waals surface area contributed by atoms with E-state index in [1.807, 2.05) is 7.05 Å². The van der Waals surface area contributed by atoms with Crippen molar-refractivity contribution in [3.05, 3.63) is 54.1 Å². The summed E-state index contributed by atoms with van der Waals surface area (Å²) in [6.45, 7) is 0.666. The van der Waals surface area contributed by atoms with Crippen LogP contribution in [-0.2, 0) is 11.3 Å². The van der Waals surface area contributed by atoms with Gasteiger partial charge in [-0.2, -0.15) is 0 Å². The van der Waals surface area contributed by atoms with E-state index in [9.17, 15) is 0 Å². The average Bonchev–Trinajstić information content (AvgIpc) is 2.40. The maximum atomic E-state index is 5.10. The van der Waals surface area contributed by atoms with Crippen molar-refractivity contribution in [1.82, 2.24) is 0 Å². The zero-order valence-electron chi connectivity index (χ0n) is 10.2. The average molecular weight is 227 g/mol. The molecule has 0 amide bonds. The molecule has 88 valence electrons. The molecule has 0 aromatic heterocycles. The summed E-state index contributed by atoms with van der Waals surface area (Å²) in [7, 11) is 3.64. The lowest BCUT2D eigenvalue weighted by molar-refractivity contribution is 0.185. The SMILES string of the molecule is CNc1ccc(-c2ccc(COC)cc2)cc1. The minimum atomic E-state index is 0.666. The van der Waals surface area contributed by atoms with Crippen LogP contribution in [-0.4, -0.2) is 14.2 Å². The lowest BCUT2D eigenvalue weighted by Gasteiger charge is -2.05. The van der Waals surface area contributed by atoms with Gasteiger partial charge in [-0.05, 0) is 28.8 Å². The first-order valence-corrected chi connectivity index (χ1v) is 5.69. The summed E-state index contributed by atoms with van der Waals surface area (Å²) in [6, 6.07) is 16.9. The molecule has 2 heteroatoms. The number of hydrogen-bond acceptors (Lipinski definition) is 2. The fraction of sp³-hybridized carbons (Fsp3) is 0.200. The van der Waals surface area contributed by atoms with Crippen LogP contribution in [0.15, 0.2) is 48.5 Å². The van der Waals surface area contributed by atoms with Gasteiger partial charge in [0.05, 0.1) is 6.61 Å². The molecule has 0 radical (unpaired) electrons. The van der Waals surface area contributed by atoms with E-state index in [2.05, 4.69) is 53.8 Å². The van der Waals surface area contributed by atoms with E-state index in [4.69, 9.17) is 4.74 Å². The molecule has 0 aliphatic rings.